The summed E-state index contributed by atoms with van der Waals surface area (Å²) in [6.45, 7) is 2.01. The molecule has 0 aliphatic carbocycles. The SMILES string of the molecule is Cc1ccc(-n2cc(F)cn2)cc1. The van der Waals surface area contributed by atoms with Crippen molar-refractivity contribution < 1.29 is 4.39 Å². The molecule has 13 heavy (non-hydrogen) atoms. The van der Waals surface area contributed by atoms with Crippen LogP contribution in [0.3, 0.4) is 0 Å². The third-order valence-electron chi connectivity index (χ3n) is 1.85. The quantitative estimate of drug-likeness (QED) is 0.652. The van der Waals surface area contributed by atoms with Crippen LogP contribution in [0.4, 0.5) is 4.39 Å². The van der Waals surface area contributed by atoms with E-state index in [0.717, 1.165) is 5.69 Å². The number of aromatic nitrogens is 2. The monoisotopic (exact) mass is 176 g/mol. The van der Waals surface area contributed by atoms with Gasteiger partial charge < -0.3 is 0 Å². The van der Waals surface area contributed by atoms with Gasteiger partial charge in [-0.2, -0.15) is 5.10 Å². The number of benzene rings is 1. The molecule has 0 saturated heterocycles. The highest BCUT2D eigenvalue weighted by atomic mass is 19.1. The standard InChI is InChI=1S/C10H9FN2/c1-8-2-4-10(5-3-8)13-7-9(11)6-12-13/h2-7H,1H3. The van der Waals surface area contributed by atoms with Crippen molar-refractivity contribution >= 4 is 0 Å². The number of rotatable bonds is 1. The van der Waals surface area contributed by atoms with Crippen molar-refractivity contribution in [2.24, 2.45) is 0 Å². The van der Waals surface area contributed by atoms with Gasteiger partial charge in [-0.1, -0.05) is 17.7 Å². The van der Waals surface area contributed by atoms with Crippen molar-refractivity contribution in [3.8, 4) is 5.69 Å². The summed E-state index contributed by atoms with van der Waals surface area (Å²) in [4.78, 5) is 0. The molecule has 0 unspecified atom stereocenters. The minimum Gasteiger partial charge on any atom is -0.238 e. The Hall–Kier alpha value is -1.64. The molecule has 0 radical (unpaired) electrons. The van der Waals surface area contributed by atoms with Crippen LogP contribution in [0.5, 0.6) is 0 Å². The molecule has 0 aliphatic rings. The van der Waals surface area contributed by atoms with E-state index in [0.29, 0.717) is 0 Å². The summed E-state index contributed by atoms with van der Waals surface area (Å²) < 4.78 is 14.1. The van der Waals surface area contributed by atoms with Gasteiger partial charge in [-0.15, -0.1) is 0 Å². The molecule has 0 atom stereocenters. The average Bonchev–Trinajstić information content (AvgIpc) is 2.53. The zero-order valence-electron chi connectivity index (χ0n) is 7.24. The molecular weight excluding hydrogens is 167 g/mol. The minimum atomic E-state index is -0.319. The zero-order chi connectivity index (χ0) is 9.26. The van der Waals surface area contributed by atoms with E-state index in [-0.39, 0.29) is 5.82 Å². The molecule has 0 bridgehead atoms. The molecule has 3 heteroatoms. The van der Waals surface area contributed by atoms with Crippen molar-refractivity contribution in [2.45, 2.75) is 6.92 Å². The second kappa shape index (κ2) is 3.01. The van der Waals surface area contributed by atoms with Crippen molar-refractivity contribution in [1.82, 2.24) is 9.78 Å². The van der Waals surface area contributed by atoms with Gasteiger partial charge in [0.25, 0.3) is 0 Å². The van der Waals surface area contributed by atoms with Crippen molar-refractivity contribution in [2.75, 3.05) is 0 Å². The second-order valence-corrected chi connectivity index (χ2v) is 2.94. The maximum absolute atomic E-state index is 12.6. The fourth-order valence-corrected chi connectivity index (χ4v) is 1.14. The summed E-state index contributed by atoms with van der Waals surface area (Å²) in [7, 11) is 0. The van der Waals surface area contributed by atoms with Gasteiger partial charge in [-0.25, -0.2) is 9.07 Å². The third kappa shape index (κ3) is 1.59. The lowest BCUT2D eigenvalue weighted by Gasteiger charge is -1.99. The van der Waals surface area contributed by atoms with Crippen LogP contribution in [0.2, 0.25) is 0 Å². The maximum atomic E-state index is 12.6. The van der Waals surface area contributed by atoms with Gasteiger partial charge in [0.1, 0.15) is 0 Å². The molecule has 1 aromatic carbocycles. The highest BCUT2D eigenvalue weighted by Crippen LogP contribution is 2.08. The molecule has 2 aromatic rings. The van der Waals surface area contributed by atoms with Gasteiger partial charge in [0.05, 0.1) is 18.1 Å². The predicted molar refractivity (Wildman–Crippen MR) is 48.3 cm³/mol. The summed E-state index contributed by atoms with van der Waals surface area (Å²) in [6.07, 6.45) is 2.55. The van der Waals surface area contributed by atoms with E-state index in [1.807, 2.05) is 31.2 Å². The number of nitrogens with zero attached hydrogens (tertiary/aromatic N) is 2. The molecular formula is C10H9FN2. The smallest absolute Gasteiger partial charge is 0.161 e. The summed E-state index contributed by atoms with van der Waals surface area (Å²) in [5, 5.41) is 3.86. The lowest BCUT2D eigenvalue weighted by molar-refractivity contribution is 0.627. The van der Waals surface area contributed by atoms with Gasteiger partial charge in [0.15, 0.2) is 5.82 Å². The topological polar surface area (TPSA) is 17.8 Å². The predicted octanol–water partition coefficient (Wildman–Crippen LogP) is 2.32. The van der Waals surface area contributed by atoms with Crippen molar-refractivity contribution in [3.63, 3.8) is 0 Å². The molecule has 0 fully saturated rings. The zero-order valence-corrected chi connectivity index (χ0v) is 7.24. The lowest BCUT2D eigenvalue weighted by atomic mass is 10.2. The minimum absolute atomic E-state index is 0.319. The van der Waals surface area contributed by atoms with E-state index < -0.39 is 0 Å². The Labute approximate surface area is 75.6 Å². The Bertz CT molecular complexity index is 403. The fraction of sp³-hybridized carbons (Fsp3) is 0.100. The molecule has 0 saturated carbocycles. The van der Waals surface area contributed by atoms with E-state index in [4.69, 9.17) is 0 Å². The van der Waals surface area contributed by atoms with Gasteiger partial charge in [0.2, 0.25) is 0 Å². The van der Waals surface area contributed by atoms with Crippen molar-refractivity contribution in [1.29, 1.82) is 0 Å². The number of aryl methyl sites for hydroxylation is 1. The molecule has 0 amide bonds. The summed E-state index contributed by atoms with van der Waals surface area (Å²) in [5.74, 6) is -0.319. The van der Waals surface area contributed by atoms with E-state index >= 15 is 0 Å². The number of halogens is 1. The highest BCUT2D eigenvalue weighted by Gasteiger charge is 1.98. The normalized spacial score (nSPS) is 10.3. The summed E-state index contributed by atoms with van der Waals surface area (Å²) in [6, 6.07) is 7.74. The van der Waals surface area contributed by atoms with Gasteiger partial charge >= 0.3 is 0 Å². The first-order valence-electron chi connectivity index (χ1n) is 4.03. The Morgan fingerprint density at radius 1 is 1.23 bits per heavy atom. The van der Waals surface area contributed by atoms with E-state index in [9.17, 15) is 4.39 Å². The summed E-state index contributed by atoms with van der Waals surface area (Å²) >= 11 is 0. The van der Waals surface area contributed by atoms with Crippen LogP contribution in [0.15, 0.2) is 36.7 Å². The molecule has 0 spiro atoms. The highest BCUT2D eigenvalue weighted by molar-refractivity contribution is 5.33. The Kier molecular flexibility index (Phi) is 1.85. The third-order valence-corrected chi connectivity index (χ3v) is 1.85. The first-order chi connectivity index (χ1) is 6.25. The van der Waals surface area contributed by atoms with Crippen LogP contribution in [0, 0.1) is 12.7 Å². The summed E-state index contributed by atoms with van der Waals surface area (Å²) in [5.41, 5.74) is 2.05. The largest absolute Gasteiger partial charge is 0.238 e. The lowest BCUT2D eigenvalue weighted by Crippen LogP contribution is -1.93. The van der Waals surface area contributed by atoms with E-state index in [1.54, 1.807) is 0 Å². The van der Waals surface area contributed by atoms with Crippen LogP contribution in [-0.2, 0) is 0 Å². The molecule has 0 N–H and O–H groups in total. The number of hydrogen-bond donors (Lipinski definition) is 0. The van der Waals surface area contributed by atoms with Gasteiger partial charge in [-0.05, 0) is 19.1 Å². The molecule has 0 aliphatic heterocycles. The second-order valence-electron chi connectivity index (χ2n) is 2.94. The molecule has 66 valence electrons. The van der Waals surface area contributed by atoms with Crippen LogP contribution < -0.4 is 0 Å². The van der Waals surface area contributed by atoms with Gasteiger partial charge in [-0.3, -0.25) is 0 Å². The molecule has 2 rings (SSSR count). The maximum Gasteiger partial charge on any atom is 0.161 e. The van der Waals surface area contributed by atoms with Crippen molar-refractivity contribution in [3.05, 3.63) is 48.0 Å². The Morgan fingerprint density at radius 3 is 2.46 bits per heavy atom. The van der Waals surface area contributed by atoms with Gasteiger partial charge in [0, 0.05) is 0 Å². The Balaban J connectivity index is 2.41. The van der Waals surface area contributed by atoms with Crippen LogP contribution in [0.25, 0.3) is 5.69 Å². The van der Waals surface area contributed by atoms with Crippen LogP contribution in [-0.4, -0.2) is 9.78 Å². The molecule has 1 aromatic heterocycles. The number of hydrogen-bond acceptors (Lipinski definition) is 1. The first-order valence-corrected chi connectivity index (χ1v) is 4.03. The molecule has 2 nitrogen and oxygen atoms in total. The molecule has 1 heterocycles. The fourth-order valence-electron chi connectivity index (χ4n) is 1.14. The first kappa shape index (κ1) is 7.98. The van der Waals surface area contributed by atoms with Crippen LogP contribution >= 0.6 is 0 Å². The van der Waals surface area contributed by atoms with E-state index in [2.05, 4.69) is 5.10 Å². The average molecular weight is 176 g/mol. The Morgan fingerprint density at radius 2 is 1.92 bits per heavy atom. The van der Waals surface area contributed by atoms with E-state index in [1.165, 1.54) is 22.6 Å². The van der Waals surface area contributed by atoms with Crippen LogP contribution in [0.1, 0.15) is 5.56 Å².